The van der Waals surface area contributed by atoms with Crippen LogP contribution in [0.3, 0.4) is 0 Å². The van der Waals surface area contributed by atoms with Crippen molar-refractivity contribution in [1.29, 1.82) is 0 Å². The molecule has 4 heteroatoms. The van der Waals surface area contributed by atoms with Crippen LogP contribution < -0.4 is 9.47 Å². The number of hydrogen-bond acceptors (Lipinski definition) is 4. The van der Waals surface area contributed by atoms with E-state index in [0.717, 1.165) is 37.4 Å². The minimum absolute atomic E-state index is 0.0754. The van der Waals surface area contributed by atoms with E-state index in [4.69, 9.17) is 14.5 Å². The van der Waals surface area contributed by atoms with E-state index in [1.165, 1.54) is 41.8 Å². The lowest BCUT2D eigenvalue weighted by Gasteiger charge is -2.37. The molecular weight excluding hydrogens is 312 g/mol. The predicted octanol–water partition coefficient (Wildman–Crippen LogP) is 3.98. The van der Waals surface area contributed by atoms with Crippen LogP contribution >= 0.6 is 0 Å². The number of piperidine rings is 1. The maximum atomic E-state index is 6.27. The number of methoxy groups -OCH3 is 1. The second-order valence-corrected chi connectivity index (χ2v) is 8.93. The lowest BCUT2D eigenvalue weighted by atomic mass is 9.83. The molecule has 3 aliphatic heterocycles. The van der Waals surface area contributed by atoms with E-state index in [9.17, 15) is 0 Å². The third-order valence-corrected chi connectivity index (χ3v) is 5.54. The highest BCUT2D eigenvalue weighted by molar-refractivity contribution is 6.04. The van der Waals surface area contributed by atoms with Crippen molar-refractivity contribution in [3.05, 3.63) is 22.8 Å². The standard InChI is InChI=1S/C21H30N2O2/c1-20(2)12-14-11-16(24-5)18-15(13-21(3,4)25-18)17(14)19(22-20)23-9-7-6-8-10-23/h11H,6-10,12-13H2,1-5H3. The number of rotatable bonds is 1. The molecule has 1 aromatic rings. The maximum absolute atomic E-state index is 6.27. The first-order valence-corrected chi connectivity index (χ1v) is 9.57. The summed E-state index contributed by atoms with van der Waals surface area (Å²) in [5.74, 6) is 2.98. The monoisotopic (exact) mass is 342 g/mol. The molecule has 0 unspecified atom stereocenters. The number of nitrogens with zero attached hydrogens (tertiary/aromatic N) is 2. The van der Waals surface area contributed by atoms with Gasteiger partial charge in [0.15, 0.2) is 11.5 Å². The van der Waals surface area contributed by atoms with Gasteiger partial charge in [0.2, 0.25) is 0 Å². The Kier molecular flexibility index (Phi) is 3.78. The number of fused-ring (bicyclic) bond motifs is 3. The summed E-state index contributed by atoms with van der Waals surface area (Å²) in [5.41, 5.74) is 3.71. The lowest BCUT2D eigenvalue weighted by Crippen LogP contribution is -2.42. The van der Waals surface area contributed by atoms with Gasteiger partial charge in [-0.2, -0.15) is 0 Å². The van der Waals surface area contributed by atoms with Crippen LogP contribution in [0.15, 0.2) is 11.1 Å². The number of benzene rings is 1. The summed E-state index contributed by atoms with van der Waals surface area (Å²) < 4.78 is 12.0. The summed E-state index contributed by atoms with van der Waals surface area (Å²) >= 11 is 0. The lowest BCUT2D eigenvalue weighted by molar-refractivity contribution is 0.134. The summed E-state index contributed by atoms with van der Waals surface area (Å²) in [6.07, 6.45) is 5.71. The molecule has 1 saturated heterocycles. The maximum Gasteiger partial charge on any atom is 0.166 e. The Morgan fingerprint density at radius 3 is 2.48 bits per heavy atom. The fourth-order valence-electron chi connectivity index (χ4n) is 4.52. The van der Waals surface area contributed by atoms with E-state index in [2.05, 4.69) is 38.7 Å². The highest BCUT2D eigenvalue weighted by atomic mass is 16.5. The van der Waals surface area contributed by atoms with Crippen LogP contribution in [0.4, 0.5) is 0 Å². The molecule has 1 aromatic carbocycles. The fourth-order valence-corrected chi connectivity index (χ4v) is 4.52. The van der Waals surface area contributed by atoms with E-state index in [-0.39, 0.29) is 11.1 Å². The first-order valence-electron chi connectivity index (χ1n) is 9.57. The molecular formula is C21H30N2O2. The summed E-state index contributed by atoms with van der Waals surface area (Å²) in [6.45, 7) is 11.0. The molecule has 136 valence electrons. The molecule has 0 saturated carbocycles. The topological polar surface area (TPSA) is 34.1 Å². The molecule has 4 rings (SSSR count). The highest BCUT2D eigenvalue weighted by Crippen LogP contribution is 2.47. The van der Waals surface area contributed by atoms with Gasteiger partial charge in [-0.05, 0) is 65.0 Å². The summed E-state index contributed by atoms with van der Waals surface area (Å²) in [6, 6.07) is 2.19. The fraction of sp³-hybridized carbons (Fsp3) is 0.667. The van der Waals surface area contributed by atoms with Crippen LogP contribution in [0.1, 0.15) is 63.6 Å². The normalized spacial score (nSPS) is 23.4. The smallest absolute Gasteiger partial charge is 0.166 e. The quantitative estimate of drug-likeness (QED) is 0.774. The molecule has 0 aromatic heterocycles. The zero-order valence-electron chi connectivity index (χ0n) is 16.2. The Bertz CT molecular complexity index is 728. The Labute approximate surface area is 151 Å². The van der Waals surface area contributed by atoms with Gasteiger partial charge >= 0.3 is 0 Å². The van der Waals surface area contributed by atoms with E-state index in [1.54, 1.807) is 7.11 Å². The Balaban J connectivity index is 1.89. The molecule has 0 radical (unpaired) electrons. The summed E-state index contributed by atoms with van der Waals surface area (Å²) in [7, 11) is 1.74. The van der Waals surface area contributed by atoms with Gasteiger partial charge in [0.25, 0.3) is 0 Å². The first kappa shape index (κ1) is 16.7. The minimum Gasteiger partial charge on any atom is -0.493 e. The Morgan fingerprint density at radius 1 is 1.08 bits per heavy atom. The van der Waals surface area contributed by atoms with Crippen molar-refractivity contribution < 1.29 is 9.47 Å². The third kappa shape index (κ3) is 2.90. The highest BCUT2D eigenvalue weighted by Gasteiger charge is 2.40. The largest absolute Gasteiger partial charge is 0.493 e. The Morgan fingerprint density at radius 2 is 1.80 bits per heavy atom. The van der Waals surface area contributed by atoms with Crippen molar-refractivity contribution in [3.63, 3.8) is 0 Å². The van der Waals surface area contributed by atoms with E-state index in [1.807, 2.05) is 0 Å². The average molecular weight is 342 g/mol. The molecule has 25 heavy (non-hydrogen) atoms. The van der Waals surface area contributed by atoms with E-state index >= 15 is 0 Å². The number of likely N-dealkylation sites (tertiary alicyclic amines) is 1. The molecule has 3 aliphatic rings. The average Bonchev–Trinajstić information content (AvgIpc) is 2.88. The van der Waals surface area contributed by atoms with Crippen LogP contribution in [-0.2, 0) is 12.8 Å². The number of amidine groups is 1. The van der Waals surface area contributed by atoms with Crippen molar-refractivity contribution in [2.24, 2.45) is 4.99 Å². The summed E-state index contributed by atoms with van der Waals surface area (Å²) in [5, 5.41) is 0. The SMILES string of the molecule is COc1cc2c(c3c1OC(C)(C)C3)C(N1CCCCC1)=NC(C)(C)C2. The first-order chi connectivity index (χ1) is 11.8. The van der Waals surface area contributed by atoms with Gasteiger partial charge < -0.3 is 14.4 Å². The second kappa shape index (κ2) is 5.65. The van der Waals surface area contributed by atoms with E-state index in [0.29, 0.717) is 0 Å². The number of ether oxygens (including phenoxy) is 2. The van der Waals surface area contributed by atoms with Crippen molar-refractivity contribution >= 4 is 5.84 Å². The van der Waals surface area contributed by atoms with Crippen LogP contribution in [0.2, 0.25) is 0 Å². The number of aliphatic imine (C=N–C) groups is 1. The van der Waals surface area contributed by atoms with Crippen molar-refractivity contribution in [2.45, 2.75) is 70.9 Å². The van der Waals surface area contributed by atoms with Gasteiger partial charge in [0.1, 0.15) is 11.4 Å². The van der Waals surface area contributed by atoms with Gasteiger partial charge in [-0.15, -0.1) is 0 Å². The minimum atomic E-state index is -0.190. The van der Waals surface area contributed by atoms with Crippen LogP contribution in [-0.4, -0.2) is 42.1 Å². The number of hydrogen-bond donors (Lipinski definition) is 0. The summed E-state index contributed by atoms with van der Waals surface area (Å²) in [4.78, 5) is 7.71. The van der Waals surface area contributed by atoms with Crippen LogP contribution in [0.25, 0.3) is 0 Å². The molecule has 0 N–H and O–H groups in total. The van der Waals surface area contributed by atoms with Gasteiger partial charge in [-0.1, -0.05) is 0 Å². The van der Waals surface area contributed by atoms with Gasteiger partial charge in [0.05, 0.1) is 12.6 Å². The van der Waals surface area contributed by atoms with Crippen molar-refractivity contribution in [3.8, 4) is 11.5 Å². The van der Waals surface area contributed by atoms with Crippen molar-refractivity contribution in [1.82, 2.24) is 4.90 Å². The Hall–Kier alpha value is -1.71. The third-order valence-electron chi connectivity index (χ3n) is 5.54. The van der Waals surface area contributed by atoms with Gasteiger partial charge in [-0.3, -0.25) is 4.99 Å². The molecule has 0 atom stereocenters. The predicted molar refractivity (Wildman–Crippen MR) is 101 cm³/mol. The molecule has 0 amide bonds. The molecule has 0 aliphatic carbocycles. The zero-order valence-corrected chi connectivity index (χ0v) is 16.2. The molecule has 1 fully saturated rings. The van der Waals surface area contributed by atoms with Crippen molar-refractivity contribution in [2.75, 3.05) is 20.2 Å². The second-order valence-electron chi connectivity index (χ2n) is 8.93. The van der Waals surface area contributed by atoms with E-state index < -0.39 is 0 Å². The molecule has 0 spiro atoms. The molecule has 4 nitrogen and oxygen atoms in total. The van der Waals surface area contributed by atoms with Gasteiger partial charge in [-0.25, -0.2) is 0 Å². The zero-order chi connectivity index (χ0) is 17.8. The van der Waals surface area contributed by atoms with Gasteiger partial charge in [0, 0.05) is 30.6 Å². The van der Waals surface area contributed by atoms with Crippen LogP contribution in [0.5, 0.6) is 11.5 Å². The molecule has 3 heterocycles. The molecule has 0 bridgehead atoms. The van der Waals surface area contributed by atoms with Crippen LogP contribution in [0, 0.1) is 0 Å².